The van der Waals surface area contributed by atoms with Crippen molar-refractivity contribution < 1.29 is 14.6 Å². The molecule has 0 radical (unpaired) electrons. The Bertz CT molecular complexity index is 315. The van der Waals surface area contributed by atoms with Gasteiger partial charge in [-0.05, 0) is 19.4 Å². The molecule has 1 heterocycles. The van der Waals surface area contributed by atoms with Crippen LogP contribution in [0.1, 0.15) is 25.8 Å². The first kappa shape index (κ1) is 11.8. The van der Waals surface area contributed by atoms with Crippen LogP contribution in [0.2, 0.25) is 0 Å². The summed E-state index contributed by atoms with van der Waals surface area (Å²) in [5, 5.41) is 9.22. The van der Waals surface area contributed by atoms with Crippen LogP contribution >= 0.6 is 0 Å². The van der Waals surface area contributed by atoms with Crippen LogP contribution in [0.3, 0.4) is 0 Å². The first-order valence-electron chi connectivity index (χ1n) is 5.02. The van der Waals surface area contributed by atoms with E-state index in [1.54, 1.807) is 19.4 Å². The Morgan fingerprint density at radius 2 is 2.27 bits per heavy atom. The van der Waals surface area contributed by atoms with Crippen molar-refractivity contribution in [1.29, 1.82) is 0 Å². The van der Waals surface area contributed by atoms with Crippen molar-refractivity contribution in [3.63, 3.8) is 0 Å². The SMILES string of the molecule is CCC(C)Oc1nccc(OC)c1CO. The fourth-order valence-corrected chi connectivity index (χ4v) is 1.17. The molecule has 0 amide bonds. The maximum absolute atomic E-state index is 9.22. The quantitative estimate of drug-likeness (QED) is 0.806. The van der Waals surface area contributed by atoms with Gasteiger partial charge in [0.05, 0.1) is 25.4 Å². The van der Waals surface area contributed by atoms with Crippen LogP contribution in [-0.2, 0) is 6.61 Å². The zero-order valence-electron chi connectivity index (χ0n) is 9.36. The maximum atomic E-state index is 9.22. The van der Waals surface area contributed by atoms with Crippen molar-refractivity contribution in [3.8, 4) is 11.6 Å². The molecule has 4 heteroatoms. The molecular formula is C11H17NO3. The van der Waals surface area contributed by atoms with Crippen LogP contribution in [0.15, 0.2) is 12.3 Å². The van der Waals surface area contributed by atoms with E-state index in [4.69, 9.17) is 9.47 Å². The number of aliphatic hydroxyl groups excluding tert-OH is 1. The second kappa shape index (κ2) is 5.56. The molecule has 84 valence electrons. The molecule has 0 fully saturated rings. The van der Waals surface area contributed by atoms with Crippen molar-refractivity contribution >= 4 is 0 Å². The van der Waals surface area contributed by atoms with E-state index in [0.717, 1.165) is 6.42 Å². The number of pyridine rings is 1. The Labute approximate surface area is 89.9 Å². The molecule has 1 rings (SSSR count). The molecular weight excluding hydrogens is 194 g/mol. The predicted molar refractivity (Wildman–Crippen MR) is 57.1 cm³/mol. The smallest absolute Gasteiger partial charge is 0.222 e. The molecule has 0 aliphatic heterocycles. The zero-order chi connectivity index (χ0) is 11.3. The Balaban J connectivity index is 2.95. The highest BCUT2D eigenvalue weighted by Gasteiger charge is 2.12. The second-order valence-electron chi connectivity index (χ2n) is 3.29. The number of hydrogen-bond acceptors (Lipinski definition) is 4. The topological polar surface area (TPSA) is 51.6 Å². The average molecular weight is 211 g/mol. The normalized spacial score (nSPS) is 12.3. The highest BCUT2D eigenvalue weighted by Crippen LogP contribution is 2.26. The minimum absolute atomic E-state index is 0.0786. The molecule has 0 spiro atoms. The monoisotopic (exact) mass is 211 g/mol. The summed E-state index contributed by atoms with van der Waals surface area (Å²) in [7, 11) is 1.56. The van der Waals surface area contributed by atoms with Gasteiger partial charge >= 0.3 is 0 Å². The Hall–Kier alpha value is -1.29. The van der Waals surface area contributed by atoms with Crippen LogP contribution in [0, 0.1) is 0 Å². The molecule has 1 aromatic rings. The van der Waals surface area contributed by atoms with Crippen LogP contribution in [0.25, 0.3) is 0 Å². The Morgan fingerprint density at radius 1 is 1.53 bits per heavy atom. The number of rotatable bonds is 5. The molecule has 0 aromatic carbocycles. The van der Waals surface area contributed by atoms with E-state index in [-0.39, 0.29) is 12.7 Å². The van der Waals surface area contributed by atoms with E-state index >= 15 is 0 Å². The van der Waals surface area contributed by atoms with Gasteiger partial charge in [-0.15, -0.1) is 0 Å². The van der Waals surface area contributed by atoms with E-state index in [1.807, 2.05) is 13.8 Å². The molecule has 4 nitrogen and oxygen atoms in total. The van der Waals surface area contributed by atoms with Crippen LogP contribution < -0.4 is 9.47 Å². The van der Waals surface area contributed by atoms with Crippen molar-refractivity contribution in [1.82, 2.24) is 4.98 Å². The van der Waals surface area contributed by atoms with E-state index in [0.29, 0.717) is 17.2 Å². The van der Waals surface area contributed by atoms with Crippen LogP contribution in [0.5, 0.6) is 11.6 Å². The van der Waals surface area contributed by atoms with Crippen molar-refractivity contribution in [3.05, 3.63) is 17.8 Å². The van der Waals surface area contributed by atoms with Gasteiger partial charge in [-0.25, -0.2) is 4.98 Å². The van der Waals surface area contributed by atoms with Gasteiger partial charge in [-0.1, -0.05) is 6.92 Å². The van der Waals surface area contributed by atoms with Gasteiger partial charge in [0, 0.05) is 6.20 Å². The molecule has 0 saturated heterocycles. The summed E-state index contributed by atoms with van der Waals surface area (Å²) in [4.78, 5) is 4.08. The number of nitrogens with zero attached hydrogens (tertiary/aromatic N) is 1. The molecule has 0 aliphatic carbocycles. The summed E-state index contributed by atoms with van der Waals surface area (Å²) in [6.07, 6.45) is 2.58. The summed E-state index contributed by atoms with van der Waals surface area (Å²) >= 11 is 0. The first-order chi connectivity index (χ1) is 7.22. The predicted octanol–water partition coefficient (Wildman–Crippen LogP) is 1.76. The lowest BCUT2D eigenvalue weighted by Crippen LogP contribution is -2.12. The molecule has 0 bridgehead atoms. The van der Waals surface area contributed by atoms with Gasteiger partial charge in [-0.2, -0.15) is 0 Å². The largest absolute Gasteiger partial charge is 0.496 e. The van der Waals surface area contributed by atoms with E-state index in [1.165, 1.54) is 0 Å². The summed E-state index contributed by atoms with van der Waals surface area (Å²) in [5.41, 5.74) is 0.598. The third-order valence-electron chi connectivity index (χ3n) is 2.24. The van der Waals surface area contributed by atoms with Gasteiger partial charge in [0.15, 0.2) is 0 Å². The lowest BCUT2D eigenvalue weighted by atomic mass is 10.2. The summed E-state index contributed by atoms with van der Waals surface area (Å²) in [5.74, 6) is 1.05. The Morgan fingerprint density at radius 3 is 2.80 bits per heavy atom. The fourth-order valence-electron chi connectivity index (χ4n) is 1.17. The molecule has 1 unspecified atom stereocenters. The molecule has 1 N–H and O–H groups in total. The van der Waals surface area contributed by atoms with E-state index in [9.17, 15) is 5.11 Å². The molecule has 1 aromatic heterocycles. The zero-order valence-corrected chi connectivity index (χ0v) is 9.36. The molecule has 0 aliphatic rings. The summed E-state index contributed by atoms with van der Waals surface area (Å²) < 4.78 is 10.7. The van der Waals surface area contributed by atoms with E-state index in [2.05, 4.69) is 4.98 Å². The van der Waals surface area contributed by atoms with Gasteiger partial charge < -0.3 is 14.6 Å². The van der Waals surface area contributed by atoms with Gasteiger partial charge in [0.2, 0.25) is 5.88 Å². The third-order valence-corrected chi connectivity index (χ3v) is 2.24. The lowest BCUT2D eigenvalue weighted by Gasteiger charge is -2.15. The van der Waals surface area contributed by atoms with Crippen molar-refractivity contribution in [2.45, 2.75) is 33.0 Å². The van der Waals surface area contributed by atoms with Crippen molar-refractivity contribution in [2.75, 3.05) is 7.11 Å². The minimum Gasteiger partial charge on any atom is -0.496 e. The van der Waals surface area contributed by atoms with Gasteiger partial charge in [0.25, 0.3) is 0 Å². The average Bonchev–Trinajstić information content (AvgIpc) is 2.28. The molecule has 1 atom stereocenters. The number of methoxy groups -OCH3 is 1. The Kier molecular flexibility index (Phi) is 4.37. The fraction of sp³-hybridized carbons (Fsp3) is 0.545. The lowest BCUT2D eigenvalue weighted by molar-refractivity contribution is 0.194. The number of aromatic nitrogens is 1. The summed E-state index contributed by atoms with van der Waals surface area (Å²) in [6.45, 7) is 3.86. The van der Waals surface area contributed by atoms with E-state index < -0.39 is 0 Å². The van der Waals surface area contributed by atoms with Crippen LogP contribution in [0.4, 0.5) is 0 Å². The third kappa shape index (κ3) is 2.83. The van der Waals surface area contributed by atoms with Gasteiger partial charge in [0.1, 0.15) is 5.75 Å². The highest BCUT2D eigenvalue weighted by molar-refractivity contribution is 5.39. The van der Waals surface area contributed by atoms with Crippen LogP contribution in [-0.4, -0.2) is 23.3 Å². The molecule has 15 heavy (non-hydrogen) atoms. The van der Waals surface area contributed by atoms with Gasteiger partial charge in [-0.3, -0.25) is 0 Å². The number of hydrogen-bond donors (Lipinski definition) is 1. The molecule has 0 saturated carbocycles. The number of ether oxygens (including phenoxy) is 2. The number of aliphatic hydroxyl groups is 1. The first-order valence-corrected chi connectivity index (χ1v) is 5.02. The standard InChI is InChI=1S/C11H17NO3/c1-4-8(2)15-11-9(7-13)10(14-3)5-6-12-11/h5-6,8,13H,4,7H2,1-3H3. The highest BCUT2D eigenvalue weighted by atomic mass is 16.5. The minimum atomic E-state index is -0.136. The maximum Gasteiger partial charge on any atom is 0.222 e. The second-order valence-corrected chi connectivity index (χ2v) is 3.29. The summed E-state index contributed by atoms with van der Waals surface area (Å²) in [6, 6.07) is 1.70. The van der Waals surface area contributed by atoms with Crippen molar-refractivity contribution in [2.24, 2.45) is 0 Å².